The SMILES string of the molecule is CCOc1ccc(C(=O)Nc2cccc(CCC(=O)N(C)C)c2)cc1Br. The van der Waals surface area contributed by atoms with Gasteiger partial charge in [0.25, 0.3) is 5.91 Å². The molecule has 0 saturated heterocycles. The van der Waals surface area contributed by atoms with Crippen molar-refractivity contribution in [2.75, 3.05) is 26.0 Å². The summed E-state index contributed by atoms with van der Waals surface area (Å²) in [6.07, 6.45) is 1.07. The molecule has 0 fully saturated rings. The zero-order chi connectivity index (χ0) is 19.1. The van der Waals surface area contributed by atoms with Crippen LogP contribution in [0.3, 0.4) is 0 Å². The molecule has 0 aliphatic rings. The van der Waals surface area contributed by atoms with Gasteiger partial charge in [0.2, 0.25) is 5.91 Å². The second kappa shape index (κ2) is 9.38. The first-order chi connectivity index (χ1) is 12.4. The van der Waals surface area contributed by atoms with Crippen LogP contribution in [0.4, 0.5) is 5.69 Å². The van der Waals surface area contributed by atoms with E-state index in [-0.39, 0.29) is 11.8 Å². The standard InChI is InChI=1S/C20H23BrN2O3/c1-4-26-18-10-9-15(13-17(18)21)20(25)22-16-7-5-6-14(12-16)8-11-19(24)23(2)3/h5-7,9-10,12-13H,4,8,11H2,1-3H3,(H,22,25). The Kier molecular flexibility index (Phi) is 7.21. The average Bonchev–Trinajstić information content (AvgIpc) is 2.61. The number of nitrogens with one attached hydrogen (secondary N) is 1. The summed E-state index contributed by atoms with van der Waals surface area (Å²) >= 11 is 3.42. The molecule has 0 bridgehead atoms. The van der Waals surface area contributed by atoms with Gasteiger partial charge in [0.15, 0.2) is 0 Å². The Balaban J connectivity index is 2.04. The first-order valence-electron chi connectivity index (χ1n) is 8.43. The topological polar surface area (TPSA) is 58.6 Å². The minimum Gasteiger partial charge on any atom is -0.493 e. The third kappa shape index (κ3) is 5.59. The number of hydrogen-bond donors (Lipinski definition) is 1. The van der Waals surface area contributed by atoms with Crippen LogP contribution in [-0.4, -0.2) is 37.4 Å². The van der Waals surface area contributed by atoms with E-state index < -0.39 is 0 Å². The fourth-order valence-electron chi connectivity index (χ4n) is 2.40. The van der Waals surface area contributed by atoms with E-state index in [1.807, 2.05) is 31.2 Å². The number of rotatable bonds is 7. The maximum Gasteiger partial charge on any atom is 0.255 e. The van der Waals surface area contributed by atoms with Crippen molar-refractivity contribution in [2.45, 2.75) is 19.8 Å². The zero-order valence-corrected chi connectivity index (χ0v) is 16.8. The summed E-state index contributed by atoms with van der Waals surface area (Å²) in [6.45, 7) is 2.47. The molecule has 2 aromatic rings. The molecule has 0 aliphatic carbocycles. The summed E-state index contributed by atoms with van der Waals surface area (Å²) in [5.74, 6) is 0.588. The summed E-state index contributed by atoms with van der Waals surface area (Å²) in [5, 5.41) is 2.89. The maximum absolute atomic E-state index is 12.5. The fraction of sp³-hybridized carbons (Fsp3) is 0.300. The molecule has 0 spiro atoms. The normalized spacial score (nSPS) is 10.3. The molecule has 0 aromatic heterocycles. The van der Waals surface area contributed by atoms with E-state index in [9.17, 15) is 9.59 Å². The highest BCUT2D eigenvalue weighted by atomic mass is 79.9. The molecule has 2 rings (SSSR count). The van der Waals surface area contributed by atoms with Crippen molar-refractivity contribution in [3.05, 3.63) is 58.1 Å². The number of amides is 2. The van der Waals surface area contributed by atoms with Gasteiger partial charge >= 0.3 is 0 Å². The Labute approximate surface area is 162 Å². The molecule has 0 radical (unpaired) electrons. The van der Waals surface area contributed by atoms with Crippen molar-refractivity contribution in [1.29, 1.82) is 0 Å². The minimum atomic E-state index is -0.199. The second-order valence-electron chi connectivity index (χ2n) is 6.02. The van der Waals surface area contributed by atoms with Crippen molar-refractivity contribution in [1.82, 2.24) is 4.90 Å². The van der Waals surface area contributed by atoms with Crippen LogP contribution < -0.4 is 10.1 Å². The van der Waals surface area contributed by atoms with Crippen molar-refractivity contribution in [2.24, 2.45) is 0 Å². The van der Waals surface area contributed by atoms with Crippen LogP contribution in [0, 0.1) is 0 Å². The highest BCUT2D eigenvalue weighted by molar-refractivity contribution is 9.10. The van der Waals surface area contributed by atoms with Gasteiger partial charge in [-0.3, -0.25) is 9.59 Å². The Morgan fingerprint density at radius 3 is 2.58 bits per heavy atom. The molecule has 0 heterocycles. The number of carbonyl (C=O) groups is 2. The third-order valence-electron chi connectivity index (χ3n) is 3.81. The number of halogens is 1. The Morgan fingerprint density at radius 1 is 1.15 bits per heavy atom. The number of carbonyl (C=O) groups excluding carboxylic acids is 2. The van der Waals surface area contributed by atoms with Gasteiger partial charge in [-0.2, -0.15) is 0 Å². The lowest BCUT2D eigenvalue weighted by molar-refractivity contribution is -0.128. The van der Waals surface area contributed by atoms with Gasteiger partial charge in [-0.05, 0) is 65.2 Å². The maximum atomic E-state index is 12.5. The Bertz CT molecular complexity index is 790. The van der Waals surface area contributed by atoms with Crippen molar-refractivity contribution in [3.63, 3.8) is 0 Å². The molecule has 1 N–H and O–H groups in total. The number of aryl methyl sites for hydroxylation is 1. The molecule has 138 valence electrons. The predicted molar refractivity (Wildman–Crippen MR) is 107 cm³/mol. The van der Waals surface area contributed by atoms with Gasteiger partial charge in [0.05, 0.1) is 11.1 Å². The highest BCUT2D eigenvalue weighted by Gasteiger charge is 2.10. The molecule has 2 amide bonds. The van der Waals surface area contributed by atoms with E-state index in [0.717, 1.165) is 10.0 Å². The van der Waals surface area contributed by atoms with E-state index in [2.05, 4.69) is 21.2 Å². The molecule has 6 heteroatoms. The van der Waals surface area contributed by atoms with Gasteiger partial charge in [0, 0.05) is 31.8 Å². The predicted octanol–water partition coefficient (Wildman–Crippen LogP) is 4.12. The Morgan fingerprint density at radius 2 is 1.92 bits per heavy atom. The Hall–Kier alpha value is -2.34. The van der Waals surface area contributed by atoms with E-state index >= 15 is 0 Å². The molecule has 2 aromatic carbocycles. The lowest BCUT2D eigenvalue weighted by atomic mass is 10.1. The number of hydrogen-bond acceptors (Lipinski definition) is 3. The van der Waals surface area contributed by atoms with Crippen LogP contribution in [0.1, 0.15) is 29.3 Å². The van der Waals surface area contributed by atoms with Gasteiger partial charge in [0.1, 0.15) is 5.75 Å². The summed E-state index contributed by atoms with van der Waals surface area (Å²) in [5.41, 5.74) is 2.24. The van der Waals surface area contributed by atoms with Crippen LogP contribution in [0.5, 0.6) is 5.75 Å². The van der Waals surface area contributed by atoms with Gasteiger partial charge in [-0.25, -0.2) is 0 Å². The molecule has 5 nitrogen and oxygen atoms in total. The van der Waals surface area contributed by atoms with Gasteiger partial charge in [-0.15, -0.1) is 0 Å². The summed E-state index contributed by atoms with van der Waals surface area (Å²) in [7, 11) is 3.49. The minimum absolute atomic E-state index is 0.0821. The number of benzene rings is 2. The number of nitrogens with zero attached hydrogens (tertiary/aromatic N) is 1. The zero-order valence-electron chi connectivity index (χ0n) is 15.2. The first-order valence-corrected chi connectivity index (χ1v) is 9.22. The highest BCUT2D eigenvalue weighted by Crippen LogP contribution is 2.26. The van der Waals surface area contributed by atoms with Crippen LogP contribution in [0.25, 0.3) is 0 Å². The van der Waals surface area contributed by atoms with Gasteiger partial charge in [-0.1, -0.05) is 12.1 Å². The monoisotopic (exact) mass is 418 g/mol. The second-order valence-corrected chi connectivity index (χ2v) is 6.88. The number of anilines is 1. The fourth-order valence-corrected chi connectivity index (χ4v) is 2.89. The number of ether oxygens (including phenoxy) is 1. The quantitative estimate of drug-likeness (QED) is 0.735. The van der Waals surface area contributed by atoms with Crippen LogP contribution in [-0.2, 0) is 11.2 Å². The smallest absolute Gasteiger partial charge is 0.255 e. The van der Waals surface area contributed by atoms with Crippen LogP contribution in [0.15, 0.2) is 46.9 Å². The largest absolute Gasteiger partial charge is 0.493 e. The first kappa shape index (κ1) is 20.0. The lowest BCUT2D eigenvalue weighted by Crippen LogP contribution is -2.21. The third-order valence-corrected chi connectivity index (χ3v) is 4.42. The van der Waals surface area contributed by atoms with Crippen molar-refractivity contribution in [3.8, 4) is 5.75 Å². The van der Waals surface area contributed by atoms with Gasteiger partial charge < -0.3 is 15.0 Å². The molecule has 26 heavy (non-hydrogen) atoms. The molecular formula is C20H23BrN2O3. The lowest BCUT2D eigenvalue weighted by Gasteiger charge is -2.11. The van der Waals surface area contributed by atoms with Crippen LogP contribution in [0.2, 0.25) is 0 Å². The molecule has 0 atom stereocenters. The molecule has 0 unspecified atom stereocenters. The average molecular weight is 419 g/mol. The van der Waals surface area contributed by atoms with E-state index in [4.69, 9.17) is 4.74 Å². The van der Waals surface area contributed by atoms with Crippen molar-refractivity contribution < 1.29 is 14.3 Å². The summed E-state index contributed by atoms with van der Waals surface area (Å²) in [4.78, 5) is 25.8. The van der Waals surface area contributed by atoms with E-state index in [1.54, 1.807) is 37.2 Å². The van der Waals surface area contributed by atoms with Crippen LogP contribution >= 0.6 is 15.9 Å². The summed E-state index contributed by atoms with van der Waals surface area (Å²) < 4.78 is 6.20. The molecule has 0 saturated carbocycles. The molecular weight excluding hydrogens is 396 g/mol. The molecule has 0 aliphatic heterocycles. The van der Waals surface area contributed by atoms with E-state index in [1.165, 1.54) is 0 Å². The van der Waals surface area contributed by atoms with E-state index in [0.29, 0.717) is 36.4 Å². The van der Waals surface area contributed by atoms with Crippen molar-refractivity contribution >= 4 is 33.4 Å². The summed E-state index contributed by atoms with van der Waals surface area (Å²) in [6, 6.07) is 12.8.